The average molecular weight is 312 g/mol. The number of carbonyl (C=O) groups is 1. The van der Waals surface area contributed by atoms with Gasteiger partial charge in [-0.25, -0.2) is 9.67 Å². The molecule has 0 unspecified atom stereocenters. The summed E-state index contributed by atoms with van der Waals surface area (Å²) in [6.07, 6.45) is 6.13. The number of hydrogen-bond acceptors (Lipinski definition) is 3. The Morgan fingerprint density at radius 2 is 2.04 bits per heavy atom. The number of rotatable bonds is 7. The molecule has 2 aromatic rings. The van der Waals surface area contributed by atoms with Gasteiger partial charge in [-0.05, 0) is 26.3 Å². The van der Waals surface area contributed by atoms with Crippen LogP contribution in [0.5, 0.6) is 0 Å². The second kappa shape index (κ2) is 7.22. The monoisotopic (exact) mass is 312 g/mol. The third-order valence-electron chi connectivity index (χ3n) is 3.92. The normalized spacial score (nSPS) is 12.1. The van der Waals surface area contributed by atoms with E-state index in [2.05, 4.69) is 37.1 Å². The van der Waals surface area contributed by atoms with Gasteiger partial charge < -0.3 is 4.90 Å². The molecule has 0 aliphatic carbocycles. The van der Waals surface area contributed by atoms with Gasteiger partial charge in [-0.3, -0.25) is 4.79 Å². The summed E-state index contributed by atoms with van der Waals surface area (Å²) in [6, 6.07) is 2.06. The molecule has 2 heterocycles. The lowest BCUT2D eigenvalue weighted by Crippen LogP contribution is -2.31. The Bertz CT molecular complexity index is 722. The number of nitrogens with zero attached hydrogens (tertiary/aromatic N) is 4. The molecule has 0 spiro atoms. The Balaban J connectivity index is 2.56. The van der Waals surface area contributed by atoms with Gasteiger partial charge in [0, 0.05) is 18.8 Å². The minimum absolute atomic E-state index is 0.0519. The fourth-order valence-corrected chi connectivity index (χ4v) is 2.54. The predicted octanol–water partition coefficient (Wildman–Crippen LogP) is 3.52. The first-order chi connectivity index (χ1) is 11.0. The summed E-state index contributed by atoms with van der Waals surface area (Å²) in [4.78, 5) is 19.2. The molecule has 0 N–H and O–H groups in total. The number of hydrogen-bond donors (Lipinski definition) is 0. The molecular formula is C18H24N4O. The van der Waals surface area contributed by atoms with Gasteiger partial charge in [0.2, 0.25) is 0 Å². The molecule has 0 aromatic carbocycles. The molecule has 2 aromatic heterocycles. The van der Waals surface area contributed by atoms with Crippen LogP contribution in [0.1, 0.15) is 42.4 Å². The van der Waals surface area contributed by atoms with Crippen LogP contribution in [0.4, 0.5) is 0 Å². The second-order valence-electron chi connectivity index (χ2n) is 5.68. The van der Waals surface area contributed by atoms with Crippen LogP contribution in [0.2, 0.25) is 0 Å². The zero-order valence-corrected chi connectivity index (χ0v) is 14.1. The van der Waals surface area contributed by atoms with Crippen LogP contribution in [-0.4, -0.2) is 38.7 Å². The minimum atomic E-state index is -0.0519. The van der Waals surface area contributed by atoms with Crippen molar-refractivity contribution in [1.29, 1.82) is 0 Å². The van der Waals surface area contributed by atoms with Crippen molar-refractivity contribution in [2.75, 3.05) is 13.1 Å². The average Bonchev–Trinajstić information content (AvgIpc) is 2.96. The summed E-state index contributed by atoms with van der Waals surface area (Å²) < 4.78 is 1.89. The lowest BCUT2D eigenvalue weighted by molar-refractivity contribution is 0.0792. The van der Waals surface area contributed by atoms with Crippen molar-refractivity contribution in [2.45, 2.75) is 33.2 Å². The zero-order chi connectivity index (χ0) is 17.0. The highest BCUT2D eigenvalue weighted by molar-refractivity contribution is 6.05. The highest BCUT2D eigenvalue weighted by atomic mass is 16.2. The van der Waals surface area contributed by atoms with Crippen LogP contribution in [0.15, 0.2) is 37.6 Å². The summed E-state index contributed by atoms with van der Waals surface area (Å²) in [7, 11) is 0. The second-order valence-corrected chi connectivity index (χ2v) is 5.68. The number of pyridine rings is 1. The Morgan fingerprint density at radius 3 is 2.61 bits per heavy atom. The summed E-state index contributed by atoms with van der Waals surface area (Å²) in [5.41, 5.74) is 2.20. The van der Waals surface area contributed by atoms with Crippen LogP contribution >= 0.6 is 0 Å². The van der Waals surface area contributed by atoms with Crippen molar-refractivity contribution < 1.29 is 4.79 Å². The van der Waals surface area contributed by atoms with Crippen molar-refractivity contribution >= 4 is 16.9 Å². The van der Waals surface area contributed by atoms with E-state index in [1.54, 1.807) is 23.2 Å². The van der Waals surface area contributed by atoms with Gasteiger partial charge in [-0.2, -0.15) is 5.10 Å². The van der Waals surface area contributed by atoms with Gasteiger partial charge in [0.1, 0.15) is 0 Å². The number of aryl methyl sites for hydroxylation is 1. The number of amides is 1. The van der Waals surface area contributed by atoms with Gasteiger partial charge >= 0.3 is 0 Å². The zero-order valence-electron chi connectivity index (χ0n) is 14.1. The van der Waals surface area contributed by atoms with Gasteiger partial charge in [0.05, 0.1) is 23.2 Å². The van der Waals surface area contributed by atoms with E-state index < -0.39 is 0 Å². The van der Waals surface area contributed by atoms with E-state index in [4.69, 9.17) is 0 Å². The van der Waals surface area contributed by atoms with E-state index in [1.807, 2.05) is 17.7 Å². The van der Waals surface area contributed by atoms with E-state index in [1.165, 1.54) is 0 Å². The Morgan fingerprint density at radius 1 is 1.39 bits per heavy atom. The molecule has 0 saturated carbocycles. The van der Waals surface area contributed by atoms with Crippen LogP contribution in [0.3, 0.4) is 0 Å². The van der Waals surface area contributed by atoms with Crippen molar-refractivity contribution in [2.24, 2.45) is 0 Å². The molecule has 5 heteroatoms. The van der Waals surface area contributed by atoms with Crippen molar-refractivity contribution in [3.63, 3.8) is 0 Å². The molecule has 0 aliphatic rings. The molecular weight excluding hydrogens is 288 g/mol. The topological polar surface area (TPSA) is 51.0 Å². The first-order valence-electron chi connectivity index (χ1n) is 7.89. The van der Waals surface area contributed by atoms with E-state index in [0.29, 0.717) is 18.7 Å². The standard InChI is InChI=1S/C18H24N4O/c1-6-9-21(10-7-2)18(23)15-11-13(4)20-17-16(15)12-19-22(17)14(5)8-3/h6-7,11-12,14H,1-2,8-10H2,3-5H3/t14-/m0/s1. The van der Waals surface area contributed by atoms with Crippen molar-refractivity contribution in [1.82, 2.24) is 19.7 Å². The number of aromatic nitrogens is 3. The molecule has 0 bridgehead atoms. The lowest BCUT2D eigenvalue weighted by atomic mass is 10.1. The fraction of sp³-hybridized carbons (Fsp3) is 0.389. The van der Waals surface area contributed by atoms with Crippen LogP contribution in [0.25, 0.3) is 11.0 Å². The summed E-state index contributed by atoms with van der Waals surface area (Å²) in [6.45, 7) is 14.5. The van der Waals surface area contributed by atoms with Gasteiger partial charge in [0.25, 0.3) is 5.91 Å². The minimum Gasteiger partial charge on any atom is -0.331 e. The predicted molar refractivity (Wildman–Crippen MR) is 93.6 cm³/mol. The largest absolute Gasteiger partial charge is 0.331 e. The maximum atomic E-state index is 12.9. The van der Waals surface area contributed by atoms with E-state index in [-0.39, 0.29) is 11.9 Å². The molecule has 122 valence electrons. The third kappa shape index (κ3) is 3.33. The first-order valence-corrected chi connectivity index (χ1v) is 7.89. The molecule has 0 fully saturated rings. The molecule has 1 atom stereocenters. The molecule has 0 radical (unpaired) electrons. The Hall–Kier alpha value is -2.43. The van der Waals surface area contributed by atoms with Gasteiger partial charge in [0.15, 0.2) is 5.65 Å². The highest BCUT2D eigenvalue weighted by Gasteiger charge is 2.20. The summed E-state index contributed by atoms with van der Waals surface area (Å²) in [5, 5.41) is 5.24. The van der Waals surface area contributed by atoms with E-state index in [0.717, 1.165) is 23.1 Å². The lowest BCUT2D eigenvalue weighted by Gasteiger charge is -2.20. The molecule has 5 nitrogen and oxygen atoms in total. The van der Waals surface area contributed by atoms with Crippen LogP contribution in [-0.2, 0) is 0 Å². The maximum absolute atomic E-state index is 12.9. The fourth-order valence-electron chi connectivity index (χ4n) is 2.54. The quantitative estimate of drug-likeness (QED) is 0.735. The van der Waals surface area contributed by atoms with Crippen LogP contribution in [0, 0.1) is 6.92 Å². The van der Waals surface area contributed by atoms with Crippen molar-refractivity contribution in [3.8, 4) is 0 Å². The summed E-state index contributed by atoms with van der Waals surface area (Å²) in [5.74, 6) is -0.0519. The maximum Gasteiger partial charge on any atom is 0.255 e. The van der Waals surface area contributed by atoms with Crippen molar-refractivity contribution in [3.05, 3.63) is 48.8 Å². The number of carbonyl (C=O) groups excluding carboxylic acids is 1. The molecule has 0 aliphatic heterocycles. The van der Waals surface area contributed by atoms with E-state index in [9.17, 15) is 4.79 Å². The smallest absolute Gasteiger partial charge is 0.255 e. The van der Waals surface area contributed by atoms with Crippen LogP contribution < -0.4 is 0 Å². The Labute approximate surface area is 137 Å². The molecule has 23 heavy (non-hydrogen) atoms. The molecule has 0 saturated heterocycles. The molecule has 1 amide bonds. The third-order valence-corrected chi connectivity index (χ3v) is 3.92. The Kier molecular flexibility index (Phi) is 5.32. The number of fused-ring (bicyclic) bond motifs is 1. The van der Waals surface area contributed by atoms with Gasteiger partial charge in [-0.15, -0.1) is 13.2 Å². The first kappa shape index (κ1) is 16.9. The molecule has 2 rings (SSSR count). The van der Waals surface area contributed by atoms with Gasteiger partial charge in [-0.1, -0.05) is 19.1 Å². The van der Waals surface area contributed by atoms with E-state index >= 15 is 0 Å². The SMILES string of the molecule is C=CCN(CC=C)C(=O)c1cc(C)nc2c1cnn2[C@@H](C)CC. The summed E-state index contributed by atoms with van der Waals surface area (Å²) >= 11 is 0. The highest BCUT2D eigenvalue weighted by Crippen LogP contribution is 2.23.